The lowest BCUT2D eigenvalue weighted by Gasteiger charge is -2.30. The van der Waals surface area contributed by atoms with Crippen LogP contribution in [0.4, 0.5) is 0 Å². The zero-order chi connectivity index (χ0) is 11.0. The van der Waals surface area contributed by atoms with Crippen molar-refractivity contribution in [3.63, 3.8) is 0 Å². The first kappa shape index (κ1) is 10.6. The van der Waals surface area contributed by atoms with E-state index in [2.05, 4.69) is 17.1 Å². The molecule has 1 nitrogen and oxygen atoms in total. The molecule has 2 heteroatoms. The van der Waals surface area contributed by atoms with E-state index in [0.717, 1.165) is 5.92 Å². The van der Waals surface area contributed by atoms with Crippen molar-refractivity contribution in [1.29, 1.82) is 0 Å². The molecule has 16 heavy (non-hydrogen) atoms. The second-order valence-electron chi connectivity index (χ2n) is 5.22. The standard InChI is InChI=1S/C14H18ClN/c15-12-5-1-3-11(9-12)13-7-6-10-4-2-8-16-14(10)13/h2,4,8,11-13H,1,3,5-7,9H2. The van der Waals surface area contributed by atoms with Crippen LogP contribution in [0.2, 0.25) is 0 Å². The van der Waals surface area contributed by atoms with Crippen LogP contribution in [-0.4, -0.2) is 10.4 Å². The number of fused-ring (bicyclic) bond motifs is 1. The average molecular weight is 236 g/mol. The fourth-order valence-corrected chi connectivity index (χ4v) is 3.82. The van der Waals surface area contributed by atoms with Gasteiger partial charge < -0.3 is 0 Å². The molecule has 0 aliphatic heterocycles. The maximum absolute atomic E-state index is 6.30. The van der Waals surface area contributed by atoms with Crippen LogP contribution in [0.25, 0.3) is 0 Å². The minimum absolute atomic E-state index is 0.409. The number of alkyl halides is 1. The van der Waals surface area contributed by atoms with Gasteiger partial charge in [-0.05, 0) is 49.7 Å². The first-order valence-electron chi connectivity index (χ1n) is 6.42. The zero-order valence-electron chi connectivity index (χ0n) is 9.53. The summed E-state index contributed by atoms with van der Waals surface area (Å²) in [5.41, 5.74) is 2.85. The SMILES string of the molecule is ClC1CCCC(C2CCc3cccnc32)C1. The van der Waals surface area contributed by atoms with E-state index in [1.807, 2.05) is 6.20 Å². The van der Waals surface area contributed by atoms with Crippen molar-refractivity contribution in [2.75, 3.05) is 0 Å². The van der Waals surface area contributed by atoms with Gasteiger partial charge in [0.2, 0.25) is 0 Å². The maximum Gasteiger partial charge on any atom is 0.0469 e. The number of halogens is 1. The Balaban J connectivity index is 1.81. The molecule has 0 N–H and O–H groups in total. The van der Waals surface area contributed by atoms with Gasteiger partial charge in [0, 0.05) is 23.2 Å². The van der Waals surface area contributed by atoms with Crippen molar-refractivity contribution in [3.8, 4) is 0 Å². The molecule has 0 aromatic carbocycles. The van der Waals surface area contributed by atoms with Crippen molar-refractivity contribution in [2.45, 2.75) is 49.8 Å². The molecule has 3 unspecified atom stereocenters. The highest BCUT2D eigenvalue weighted by Gasteiger charge is 2.33. The van der Waals surface area contributed by atoms with Gasteiger partial charge in [-0.15, -0.1) is 11.6 Å². The molecule has 2 aliphatic carbocycles. The Labute approximate surface area is 102 Å². The number of rotatable bonds is 1. The Morgan fingerprint density at radius 3 is 3.06 bits per heavy atom. The van der Waals surface area contributed by atoms with E-state index in [4.69, 9.17) is 11.6 Å². The van der Waals surface area contributed by atoms with Crippen LogP contribution in [0.15, 0.2) is 18.3 Å². The number of hydrogen-bond acceptors (Lipinski definition) is 1. The second-order valence-corrected chi connectivity index (χ2v) is 5.83. The molecule has 2 aliphatic rings. The van der Waals surface area contributed by atoms with Gasteiger partial charge in [0.1, 0.15) is 0 Å². The molecular weight excluding hydrogens is 218 g/mol. The van der Waals surface area contributed by atoms with Crippen LogP contribution in [-0.2, 0) is 6.42 Å². The summed E-state index contributed by atoms with van der Waals surface area (Å²) >= 11 is 6.30. The third-order valence-corrected chi connectivity index (χ3v) is 4.62. The predicted molar refractivity (Wildman–Crippen MR) is 66.9 cm³/mol. The van der Waals surface area contributed by atoms with Gasteiger partial charge in [-0.25, -0.2) is 0 Å². The zero-order valence-corrected chi connectivity index (χ0v) is 10.3. The van der Waals surface area contributed by atoms with Crippen molar-refractivity contribution in [2.24, 2.45) is 5.92 Å². The molecule has 3 rings (SSSR count). The number of aryl methyl sites for hydroxylation is 1. The van der Waals surface area contributed by atoms with E-state index in [0.29, 0.717) is 11.3 Å². The van der Waals surface area contributed by atoms with E-state index in [-0.39, 0.29) is 0 Å². The Kier molecular flexibility index (Phi) is 2.89. The van der Waals surface area contributed by atoms with Gasteiger partial charge in [0.15, 0.2) is 0 Å². The fourth-order valence-electron chi connectivity index (χ4n) is 3.43. The fraction of sp³-hybridized carbons (Fsp3) is 0.643. The normalized spacial score (nSPS) is 33.7. The van der Waals surface area contributed by atoms with Crippen LogP contribution < -0.4 is 0 Å². The number of aromatic nitrogens is 1. The third kappa shape index (κ3) is 1.86. The minimum atomic E-state index is 0.409. The van der Waals surface area contributed by atoms with Crippen LogP contribution in [0.5, 0.6) is 0 Å². The average Bonchev–Trinajstić information content (AvgIpc) is 2.72. The summed E-state index contributed by atoms with van der Waals surface area (Å²) in [6, 6.07) is 4.30. The molecule has 0 amide bonds. The second kappa shape index (κ2) is 4.37. The number of pyridine rings is 1. The molecule has 86 valence electrons. The number of nitrogens with zero attached hydrogens (tertiary/aromatic N) is 1. The van der Waals surface area contributed by atoms with Crippen LogP contribution in [0.1, 0.15) is 49.3 Å². The quantitative estimate of drug-likeness (QED) is 0.673. The largest absolute Gasteiger partial charge is 0.261 e. The molecular formula is C14H18ClN. The van der Waals surface area contributed by atoms with Gasteiger partial charge in [0.25, 0.3) is 0 Å². The Morgan fingerprint density at radius 2 is 2.19 bits per heavy atom. The van der Waals surface area contributed by atoms with Crippen molar-refractivity contribution in [3.05, 3.63) is 29.6 Å². The molecule has 0 bridgehead atoms. The predicted octanol–water partition coefficient (Wildman–Crippen LogP) is 3.91. The first-order valence-corrected chi connectivity index (χ1v) is 6.86. The molecule has 1 aromatic rings. The van der Waals surface area contributed by atoms with E-state index < -0.39 is 0 Å². The van der Waals surface area contributed by atoms with Crippen LogP contribution >= 0.6 is 11.6 Å². The van der Waals surface area contributed by atoms with E-state index in [1.54, 1.807) is 0 Å². The van der Waals surface area contributed by atoms with Crippen LogP contribution in [0.3, 0.4) is 0 Å². The molecule has 1 heterocycles. The van der Waals surface area contributed by atoms with Crippen molar-refractivity contribution in [1.82, 2.24) is 4.98 Å². The Morgan fingerprint density at radius 1 is 1.25 bits per heavy atom. The lowest BCUT2D eigenvalue weighted by Crippen LogP contribution is -2.21. The summed E-state index contributed by atoms with van der Waals surface area (Å²) in [5.74, 6) is 1.48. The summed E-state index contributed by atoms with van der Waals surface area (Å²) in [4.78, 5) is 4.60. The van der Waals surface area contributed by atoms with Gasteiger partial charge in [-0.3, -0.25) is 4.98 Å². The monoisotopic (exact) mass is 235 g/mol. The molecule has 0 spiro atoms. The highest BCUT2D eigenvalue weighted by molar-refractivity contribution is 6.20. The Hall–Kier alpha value is -0.560. The highest BCUT2D eigenvalue weighted by atomic mass is 35.5. The smallest absolute Gasteiger partial charge is 0.0469 e. The highest BCUT2D eigenvalue weighted by Crippen LogP contribution is 2.43. The maximum atomic E-state index is 6.30. The number of hydrogen-bond donors (Lipinski definition) is 0. The molecule has 3 atom stereocenters. The first-order chi connectivity index (χ1) is 7.84. The minimum Gasteiger partial charge on any atom is -0.261 e. The third-order valence-electron chi connectivity index (χ3n) is 4.22. The summed E-state index contributed by atoms with van der Waals surface area (Å²) in [6.07, 6.45) is 9.51. The van der Waals surface area contributed by atoms with E-state index in [9.17, 15) is 0 Å². The lowest BCUT2D eigenvalue weighted by atomic mass is 9.78. The van der Waals surface area contributed by atoms with Crippen LogP contribution in [0, 0.1) is 5.92 Å². The van der Waals surface area contributed by atoms with E-state index in [1.165, 1.54) is 49.8 Å². The molecule has 1 aromatic heterocycles. The summed E-state index contributed by atoms with van der Waals surface area (Å²) < 4.78 is 0. The molecule has 0 radical (unpaired) electrons. The van der Waals surface area contributed by atoms with Gasteiger partial charge >= 0.3 is 0 Å². The van der Waals surface area contributed by atoms with Crippen molar-refractivity contribution < 1.29 is 0 Å². The summed E-state index contributed by atoms with van der Waals surface area (Å²) in [5, 5.41) is 0.409. The van der Waals surface area contributed by atoms with Gasteiger partial charge in [0.05, 0.1) is 0 Å². The molecule has 1 fully saturated rings. The van der Waals surface area contributed by atoms with Gasteiger partial charge in [-0.2, -0.15) is 0 Å². The lowest BCUT2D eigenvalue weighted by molar-refractivity contribution is 0.304. The molecule has 1 saturated carbocycles. The summed E-state index contributed by atoms with van der Waals surface area (Å²) in [6.45, 7) is 0. The van der Waals surface area contributed by atoms with E-state index >= 15 is 0 Å². The summed E-state index contributed by atoms with van der Waals surface area (Å²) in [7, 11) is 0. The van der Waals surface area contributed by atoms with Gasteiger partial charge in [-0.1, -0.05) is 12.5 Å². The Bertz CT molecular complexity index is 377. The topological polar surface area (TPSA) is 12.9 Å². The molecule has 0 saturated heterocycles. The van der Waals surface area contributed by atoms with Crippen molar-refractivity contribution >= 4 is 11.6 Å².